The summed E-state index contributed by atoms with van der Waals surface area (Å²) in [7, 11) is -3.39. The highest BCUT2D eigenvalue weighted by Gasteiger charge is 2.35. The number of hydrogen-bond donors (Lipinski definition) is 0. The summed E-state index contributed by atoms with van der Waals surface area (Å²) in [6, 6.07) is 5.89. The molecule has 0 aromatic heterocycles. The molecule has 6 nitrogen and oxygen atoms in total. The Morgan fingerprint density at radius 3 is 2.42 bits per heavy atom. The van der Waals surface area contributed by atoms with Crippen molar-refractivity contribution in [1.29, 1.82) is 0 Å². The topological polar surface area (TPSA) is 78.7 Å². The maximum absolute atomic E-state index is 12.5. The maximum atomic E-state index is 12.5. The van der Waals surface area contributed by atoms with E-state index in [1.807, 2.05) is 0 Å². The normalized spacial score (nSPS) is 13.2. The summed E-state index contributed by atoms with van der Waals surface area (Å²) >= 11 is 3.26. The molecule has 1 atom stereocenters. The lowest BCUT2D eigenvalue weighted by Crippen LogP contribution is -2.02. The van der Waals surface area contributed by atoms with Gasteiger partial charge in [0.25, 0.3) is 5.69 Å². The number of nitrogens with zero attached hydrogens (tertiary/aromatic N) is 1. The van der Waals surface area contributed by atoms with Crippen molar-refractivity contribution in [2.24, 2.45) is 0 Å². The molecule has 1 aromatic carbocycles. The summed E-state index contributed by atoms with van der Waals surface area (Å²) in [6.07, 6.45) is 0. The quantitative estimate of drug-likeness (QED) is 0.317. The Morgan fingerprint density at radius 2 is 1.95 bits per heavy atom. The molecule has 1 rings (SSSR count). The first kappa shape index (κ1) is 16.3. The van der Waals surface area contributed by atoms with Crippen molar-refractivity contribution < 1.29 is 18.5 Å². The highest BCUT2D eigenvalue weighted by atomic mass is 79.9. The van der Waals surface area contributed by atoms with Crippen molar-refractivity contribution in [3.63, 3.8) is 0 Å². The molecule has 0 aliphatic carbocycles. The maximum Gasteiger partial charge on any atom is 0.348 e. The Hall–Kier alpha value is -0.750. The van der Waals surface area contributed by atoms with E-state index in [0.29, 0.717) is 5.56 Å². The number of rotatable bonds is 7. The van der Waals surface area contributed by atoms with E-state index in [1.165, 1.54) is 18.2 Å². The van der Waals surface area contributed by atoms with Gasteiger partial charge in [-0.1, -0.05) is 28.1 Å². The molecule has 0 saturated heterocycles. The van der Waals surface area contributed by atoms with Crippen LogP contribution in [0.2, 0.25) is 0 Å². The van der Waals surface area contributed by atoms with Gasteiger partial charge in [0.15, 0.2) is 0 Å². The lowest BCUT2D eigenvalue weighted by atomic mass is 10.2. The number of hydrogen-bond acceptors (Lipinski definition) is 5. The van der Waals surface area contributed by atoms with Crippen LogP contribution in [0.25, 0.3) is 0 Å². The average molecular weight is 352 g/mol. The van der Waals surface area contributed by atoms with Crippen molar-refractivity contribution in [3.05, 3.63) is 39.9 Å². The zero-order chi connectivity index (χ0) is 14.5. The minimum absolute atomic E-state index is 0.0681. The van der Waals surface area contributed by atoms with Gasteiger partial charge < -0.3 is 9.05 Å². The Kier molecular flexibility index (Phi) is 6.13. The highest BCUT2D eigenvalue weighted by Crippen LogP contribution is 2.64. The first-order valence-corrected chi connectivity index (χ1v) is 8.24. The fraction of sp³-hybridized carbons (Fsp3) is 0.455. The molecule has 0 fully saturated rings. The van der Waals surface area contributed by atoms with Crippen LogP contribution < -0.4 is 0 Å². The fourth-order valence-corrected chi connectivity index (χ4v) is 4.07. The van der Waals surface area contributed by atoms with E-state index < -0.39 is 17.1 Å². The van der Waals surface area contributed by atoms with Crippen LogP contribution in [0, 0.1) is 10.1 Å². The van der Waals surface area contributed by atoms with Crippen molar-refractivity contribution in [2.75, 3.05) is 13.2 Å². The van der Waals surface area contributed by atoms with E-state index in [4.69, 9.17) is 9.05 Å². The molecule has 1 aromatic rings. The number of halogens is 1. The molecule has 0 heterocycles. The van der Waals surface area contributed by atoms with Crippen LogP contribution in [0.15, 0.2) is 24.3 Å². The Labute approximate surface area is 119 Å². The van der Waals surface area contributed by atoms with Gasteiger partial charge in [0, 0.05) is 12.1 Å². The van der Waals surface area contributed by atoms with Gasteiger partial charge >= 0.3 is 7.60 Å². The van der Waals surface area contributed by atoms with Crippen LogP contribution >= 0.6 is 23.5 Å². The third-order valence-corrected chi connectivity index (χ3v) is 6.37. The van der Waals surface area contributed by atoms with E-state index in [0.717, 1.165) is 0 Å². The molecule has 0 aliphatic heterocycles. The summed E-state index contributed by atoms with van der Waals surface area (Å²) in [5.74, 6) is 0. The number of nitro benzene ring substituents is 1. The van der Waals surface area contributed by atoms with Gasteiger partial charge in [-0.15, -0.1) is 0 Å². The second-order valence-corrected chi connectivity index (χ2v) is 7.30. The molecule has 8 heteroatoms. The van der Waals surface area contributed by atoms with Crippen molar-refractivity contribution in [2.45, 2.75) is 18.4 Å². The molecule has 0 N–H and O–H groups in total. The molecule has 106 valence electrons. The lowest BCUT2D eigenvalue weighted by Gasteiger charge is -2.22. The van der Waals surface area contributed by atoms with Crippen LogP contribution in [-0.4, -0.2) is 18.1 Å². The van der Waals surface area contributed by atoms with Gasteiger partial charge in [-0.3, -0.25) is 14.7 Å². The number of alkyl halides is 1. The van der Waals surface area contributed by atoms with Crippen molar-refractivity contribution in [3.8, 4) is 0 Å². The van der Waals surface area contributed by atoms with Crippen molar-refractivity contribution >= 4 is 29.2 Å². The van der Waals surface area contributed by atoms with Crippen LogP contribution in [0.1, 0.15) is 24.0 Å². The molecule has 0 radical (unpaired) electrons. The number of benzene rings is 1. The summed E-state index contributed by atoms with van der Waals surface area (Å²) in [4.78, 5) is 10.2. The molecule has 19 heavy (non-hydrogen) atoms. The van der Waals surface area contributed by atoms with Gasteiger partial charge in [-0.25, -0.2) is 0 Å². The van der Waals surface area contributed by atoms with E-state index in [2.05, 4.69) is 15.9 Å². The molecular weight excluding hydrogens is 337 g/mol. The van der Waals surface area contributed by atoms with Gasteiger partial charge in [0.2, 0.25) is 0 Å². The van der Waals surface area contributed by atoms with E-state index in [9.17, 15) is 14.7 Å². The smallest absolute Gasteiger partial charge is 0.308 e. The largest absolute Gasteiger partial charge is 0.348 e. The first-order chi connectivity index (χ1) is 8.94. The summed E-state index contributed by atoms with van der Waals surface area (Å²) in [5, 5.41) is 10.7. The third-order valence-electron chi connectivity index (χ3n) is 2.25. The summed E-state index contributed by atoms with van der Waals surface area (Å²) in [6.45, 7) is 3.88. The molecule has 0 saturated carbocycles. The minimum Gasteiger partial charge on any atom is -0.308 e. The van der Waals surface area contributed by atoms with E-state index in [-0.39, 0.29) is 18.9 Å². The van der Waals surface area contributed by atoms with Crippen LogP contribution in [-0.2, 0) is 13.6 Å². The van der Waals surface area contributed by atoms with Crippen molar-refractivity contribution in [1.82, 2.24) is 0 Å². The molecule has 0 amide bonds. The van der Waals surface area contributed by atoms with Gasteiger partial charge in [0.05, 0.1) is 18.1 Å². The Balaban J connectivity index is 3.09. The van der Waals surface area contributed by atoms with Crippen LogP contribution in [0.4, 0.5) is 5.69 Å². The number of nitro groups is 1. The van der Waals surface area contributed by atoms with Gasteiger partial charge in [0.1, 0.15) is 4.57 Å². The van der Waals surface area contributed by atoms with E-state index in [1.54, 1.807) is 19.9 Å². The summed E-state index contributed by atoms with van der Waals surface area (Å²) < 4.78 is 22.2. The SMILES string of the molecule is CCOP(=O)(OCC)C(Br)c1cccc([N+](=O)[O-])c1. The first-order valence-electron chi connectivity index (χ1n) is 5.71. The zero-order valence-corrected chi connectivity index (χ0v) is 13.1. The molecule has 1 unspecified atom stereocenters. The fourth-order valence-electron chi connectivity index (χ4n) is 1.50. The molecule has 0 aliphatic rings. The standard InChI is InChI=1S/C11H15BrNO5P/c1-3-17-19(16,18-4-2)11(12)9-6-5-7-10(8-9)13(14)15/h5-8,11H,3-4H2,1-2H3. The monoisotopic (exact) mass is 351 g/mol. The lowest BCUT2D eigenvalue weighted by molar-refractivity contribution is -0.384. The molecule has 0 spiro atoms. The number of non-ortho nitro benzene ring substituents is 1. The molecule has 0 bridgehead atoms. The Bertz CT molecular complexity index is 486. The third kappa shape index (κ3) is 4.11. The predicted octanol–water partition coefficient (Wildman–Crippen LogP) is 4.25. The minimum atomic E-state index is -3.39. The zero-order valence-electron chi connectivity index (χ0n) is 10.6. The van der Waals surface area contributed by atoms with Crippen LogP contribution in [0.3, 0.4) is 0 Å². The van der Waals surface area contributed by atoms with Gasteiger partial charge in [-0.2, -0.15) is 0 Å². The highest BCUT2D eigenvalue weighted by molar-refractivity contribution is 9.10. The summed E-state index contributed by atoms with van der Waals surface area (Å²) in [5.41, 5.74) is 0.418. The van der Waals surface area contributed by atoms with Crippen LogP contribution in [0.5, 0.6) is 0 Å². The second-order valence-electron chi connectivity index (χ2n) is 3.56. The molecular formula is C11H15BrNO5P. The second kappa shape index (κ2) is 7.14. The Morgan fingerprint density at radius 1 is 1.37 bits per heavy atom. The predicted molar refractivity (Wildman–Crippen MR) is 75.6 cm³/mol. The van der Waals surface area contributed by atoms with Gasteiger partial charge in [-0.05, 0) is 19.4 Å². The average Bonchev–Trinajstić information content (AvgIpc) is 2.38. The van der Waals surface area contributed by atoms with E-state index >= 15 is 0 Å².